The van der Waals surface area contributed by atoms with E-state index in [2.05, 4.69) is 17.1 Å². The number of nitrogens with zero attached hydrogens (tertiary/aromatic N) is 1. The Morgan fingerprint density at radius 2 is 2.04 bits per heavy atom. The number of nitrogens with one attached hydrogen (secondary N) is 2. The number of carbonyl (C=O) groups excluding carboxylic acids is 1. The van der Waals surface area contributed by atoms with E-state index >= 15 is 0 Å². The first-order valence-corrected chi connectivity index (χ1v) is 9.17. The highest BCUT2D eigenvalue weighted by Gasteiger charge is 2.25. The zero-order chi connectivity index (χ0) is 19.3. The number of aromatic hydroxyl groups is 1. The van der Waals surface area contributed by atoms with Gasteiger partial charge in [0.15, 0.2) is 0 Å². The molecular formula is C20H30N4O2. The fourth-order valence-corrected chi connectivity index (χ4v) is 3.37. The van der Waals surface area contributed by atoms with Gasteiger partial charge in [-0.15, -0.1) is 0 Å². The molecule has 6 heteroatoms. The highest BCUT2D eigenvalue weighted by molar-refractivity contribution is 5.97. The van der Waals surface area contributed by atoms with E-state index in [1.807, 2.05) is 13.8 Å². The summed E-state index contributed by atoms with van der Waals surface area (Å²) in [5, 5.41) is 20.4. The molecule has 0 bridgehead atoms. The van der Waals surface area contributed by atoms with E-state index in [0.29, 0.717) is 31.2 Å². The van der Waals surface area contributed by atoms with Gasteiger partial charge >= 0.3 is 0 Å². The predicted molar refractivity (Wildman–Crippen MR) is 105 cm³/mol. The summed E-state index contributed by atoms with van der Waals surface area (Å²) in [5.41, 5.74) is 9.91. The van der Waals surface area contributed by atoms with Crippen LogP contribution in [0.5, 0.6) is 5.75 Å². The van der Waals surface area contributed by atoms with Gasteiger partial charge in [0.25, 0.3) is 5.91 Å². The minimum Gasteiger partial charge on any atom is -0.507 e. The number of rotatable bonds is 8. The summed E-state index contributed by atoms with van der Waals surface area (Å²) in [6.07, 6.45) is 4.21. The van der Waals surface area contributed by atoms with Crippen molar-refractivity contribution in [3.63, 3.8) is 0 Å². The molecule has 0 unspecified atom stereocenters. The molecule has 0 aliphatic carbocycles. The SMILES string of the molecule is CCC[C@@H](CCNC(=O)c1cc(C)c(C)cc1O)N1CC(N)=C(C=N)C1. The molecule has 26 heavy (non-hydrogen) atoms. The van der Waals surface area contributed by atoms with Gasteiger partial charge in [-0.3, -0.25) is 9.69 Å². The Morgan fingerprint density at radius 3 is 2.65 bits per heavy atom. The van der Waals surface area contributed by atoms with Crippen LogP contribution in [0.15, 0.2) is 23.4 Å². The lowest BCUT2D eigenvalue weighted by atomic mass is 10.0. The lowest BCUT2D eigenvalue weighted by Crippen LogP contribution is -2.38. The molecule has 1 aliphatic heterocycles. The van der Waals surface area contributed by atoms with E-state index in [9.17, 15) is 9.90 Å². The van der Waals surface area contributed by atoms with Gasteiger partial charge in [-0.1, -0.05) is 13.3 Å². The summed E-state index contributed by atoms with van der Waals surface area (Å²) in [6, 6.07) is 3.66. The second-order valence-corrected chi connectivity index (χ2v) is 7.04. The van der Waals surface area contributed by atoms with Crippen LogP contribution in [-0.4, -0.2) is 47.8 Å². The second-order valence-electron chi connectivity index (χ2n) is 7.04. The van der Waals surface area contributed by atoms with E-state index in [1.54, 1.807) is 12.1 Å². The predicted octanol–water partition coefficient (Wildman–Crippen LogP) is 2.48. The third-order valence-electron chi connectivity index (χ3n) is 5.09. The van der Waals surface area contributed by atoms with E-state index in [1.165, 1.54) is 6.21 Å². The Labute approximate surface area is 155 Å². The third-order valence-corrected chi connectivity index (χ3v) is 5.09. The number of phenolic OH excluding ortho intramolecular Hbond substituents is 1. The van der Waals surface area contributed by atoms with E-state index in [0.717, 1.165) is 41.7 Å². The van der Waals surface area contributed by atoms with Gasteiger partial charge in [0.1, 0.15) is 5.75 Å². The van der Waals surface area contributed by atoms with Gasteiger partial charge in [0, 0.05) is 43.2 Å². The molecule has 1 atom stereocenters. The Hall–Kier alpha value is -2.34. The highest BCUT2D eigenvalue weighted by atomic mass is 16.3. The molecule has 1 amide bonds. The summed E-state index contributed by atoms with van der Waals surface area (Å²) < 4.78 is 0. The molecule has 2 rings (SSSR count). The summed E-state index contributed by atoms with van der Waals surface area (Å²) in [7, 11) is 0. The molecule has 0 saturated carbocycles. The van der Waals surface area contributed by atoms with Gasteiger partial charge in [-0.25, -0.2) is 0 Å². The topological polar surface area (TPSA) is 102 Å². The van der Waals surface area contributed by atoms with Crippen LogP contribution >= 0.6 is 0 Å². The van der Waals surface area contributed by atoms with Crippen molar-refractivity contribution in [1.82, 2.24) is 10.2 Å². The smallest absolute Gasteiger partial charge is 0.255 e. The maximum atomic E-state index is 12.4. The first-order valence-electron chi connectivity index (χ1n) is 9.17. The fraction of sp³-hybridized carbons (Fsp3) is 0.500. The molecule has 5 N–H and O–H groups in total. The van der Waals surface area contributed by atoms with Crippen molar-refractivity contribution in [2.45, 2.75) is 46.1 Å². The van der Waals surface area contributed by atoms with Crippen molar-refractivity contribution >= 4 is 12.1 Å². The van der Waals surface area contributed by atoms with Crippen molar-refractivity contribution in [2.24, 2.45) is 5.73 Å². The van der Waals surface area contributed by atoms with E-state index < -0.39 is 0 Å². The molecule has 0 fully saturated rings. The Kier molecular flexibility index (Phi) is 6.80. The average Bonchev–Trinajstić information content (AvgIpc) is 2.98. The van der Waals surface area contributed by atoms with Crippen LogP contribution in [0.1, 0.15) is 47.7 Å². The summed E-state index contributed by atoms with van der Waals surface area (Å²) >= 11 is 0. The van der Waals surface area contributed by atoms with Crippen molar-refractivity contribution in [3.8, 4) is 5.75 Å². The van der Waals surface area contributed by atoms with Gasteiger partial charge in [0.2, 0.25) is 0 Å². The number of amides is 1. The number of carbonyl (C=O) groups is 1. The molecule has 0 spiro atoms. The zero-order valence-electron chi connectivity index (χ0n) is 15.9. The number of aryl methyl sites for hydroxylation is 2. The lowest BCUT2D eigenvalue weighted by Gasteiger charge is -2.28. The first-order chi connectivity index (χ1) is 12.4. The molecule has 1 aromatic carbocycles. The van der Waals surface area contributed by atoms with Crippen LogP contribution in [0.3, 0.4) is 0 Å². The quantitative estimate of drug-likeness (QED) is 0.536. The fourth-order valence-electron chi connectivity index (χ4n) is 3.37. The number of hydrogen-bond acceptors (Lipinski definition) is 5. The maximum Gasteiger partial charge on any atom is 0.255 e. The zero-order valence-corrected chi connectivity index (χ0v) is 15.9. The summed E-state index contributed by atoms with van der Waals surface area (Å²) in [6.45, 7) is 7.89. The highest BCUT2D eigenvalue weighted by Crippen LogP contribution is 2.22. The normalized spacial score (nSPS) is 16.0. The summed E-state index contributed by atoms with van der Waals surface area (Å²) in [5.74, 6) is -0.233. The number of phenols is 1. The summed E-state index contributed by atoms with van der Waals surface area (Å²) in [4.78, 5) is 14.7. The maximum absolute atomic E-state index is 12.4. The standard InChI is InChI=1S/C20H30N4O2/c1-4-5-16(24-11-15(10-21)18(22)12-24)6-7-23-20(26)17-8-13(2)14(3)9-19(17)25/h8-10,16,21,25H,4-7,11-12,22H2,1-3H3,(H,23,26)/t16-/m0/s1. The van der Waals surface area contributed by atoms with Crippen LogP contribution in [0.4, 0.5) is 0 Å². The minimum absolute atomic E-state index is 0.0165. The molecule has 0 saturated heterocycles. The minimum atomic E-state index is -0.250. The van der Waals surface area contributed by atoms with Gasteiger partial charge in [-0.2, -0.15) is 0 Å². The number of benzene rings is 1. The van der Waals surface area contributed by atoms with Gasteiger partial charge in [0.05, 0.1) is 5.56 Å². The van der Waals surface area contributed by atoms with Crippen molar-refractivity contribution in [2.75, 3.05) is 19.6 Å². The average molecular weight is 358 g/mol. The van der Waals surface area contributed by atoms with Crippen LogP contribution in [0, 0.1) is 19.3 Å². The van der Waals surface area contributed by atoms with Crippen LogP contribution in [0.25, 0.3) is 0 Å². The number of hydrogen-bond donors (Lipinski definition) is 4. The molecule has 1 aromatic rings. The van der Waals surface area contributed by atoms with Crippen molar-refractivity contribution in [3.05, 3.63) is 40.1 Å². The first kappa shape index (κ1) is 20.0. The van der Waals surface area contributed by atoms with E-state index in [-0.39, 0.29) is 11.7 Å². The van der Waals surface area contributed by atoms with Crippen molar-refractivity contribution in [1.29, 1.82) is 5.41 Å². The molecule has 6 nitrogen and oxygen atoms in total. The molecule has 0 aromatic heterocycles. The Bertz CT molecular complexity index is 712. The Morgan fingerprint density at radius 1 is 1.35 bits per heavy atom. The lowest BCUT2D eigenvalue weighted by molar-refractivity contribution is 0.0945. The second kappa shape index (κ2) is 8.85. The molecular weight excluding hydrogens is 328 g/mol. The van der Waals surface area contributed by atoms with Crippen LogP contribution < -0.4 is 11.1 Å². The molecule has 142 valence electrons. The number of nitrogens with two attached hydrogens (primary N) is 1. The van der Waals surface area contributed by atoms with Crippen molar-refractivity contribution < 1.29 is 9.90 Å². The third kappa shape index (κ3) is 4.64. The molecule has 0 radical (unpaired) electrons. The van der Waals surface area contributed by atoms with Gasteiger partial charge in [-0.05, 0) is 49.9 Å². The monoisotopic (exact) mass is 358 g/mol. The van der Waals surface area contributed by atoms with Gasteiger partial charge < -0.3 is 21.6 Å². The van der Waals surface area contributed by atoms with E-state index in [4.69, 9.17) is 11.1 Å². The largest absolute Gasteiger partial charge is 0.507 e. The molecule has 1 aliphatic rings. The van der Waals surface area contributed by atoms with Crippen LogP contribution in [-0.2, 0) is 0 Å². The Balaban J connectivity index is 1.93. The van der Waals surface area contributed by atoms with Crippen LogP contribution in [0.2, 0.25) is 0 Å². The molecule has 1 heterocycles.